The smallest absolute Gasteiger partial charge is 0.0531 e. The van der Waals surface area contributed by atoms with E-state index in [9.17, 15) is 0 Å². The summed E-state index contributed by atoms with van der Waals surface area (Å²) in [5.74, 6) is 0. The zero-order valence-corrected chi connectivity index (χ0v) is 15.5. The largest absolute Gasteiger partial charge is 0.317 e. The number of pyridine rings is 1. The molecule has 3 heterocycles. The molecule has 4 rings (SSSR count). The van der Waals surface area contributed by atoms with Crippen LogP contribution in [-0.2, 0) is 13.0 Å². The molecule has 1 aliphatic heterocycles. The highest BCUT2D eigenvalue weighted by atomic mass is 15.1. The van der Waals surface area contributed by atoms with Crippen LogP contribution in [0.25, 0.3) is 22.2 Å². The lowest BCUT2D eigenvalue weighted by molar-refractivity contribution is 0.311. The fraction of sp³-hybridized carbons (Fsp3) is 0.318. The monoisotopic (exact) mass is 331 g/mol. The van der Waals surface area contributed by atoms with Crippen LogP contribution in [0, 0.1) is 6.92 Å². The van der Waals surface area contributed by atoms with Gasteiger partial charge in [0.1, 0.15) is 0 Å². The summed E-state index contributed by atoms with van der Waals surface area (Å²) in [6, 6.07) is 11.0. The van der Waals surface area contributed by atoms with E-state index >= 15 is 0 Å². The molecule has 0 bridgehead atoms. The van der Waals surface area contributed by atoms with Crippen LogP contribution < -0.4 is 0 Å². The molecule has 1 aromatic carbocycles. The Kier molecular flexibility index (Phi) is 3.97. The SMILES string of the molecule is CC(=C(C)n1c2c(c3cc(C)ccc31)CN(C)CC2)c1ccncc1. The van der Waals surface area contributed by atoms with E-state index in [0.29, 0.717) is 0 Å². The molecular weight excluding hydrogens is 306 g/mol. The minimum Gasteiger partial charge on any atom is -0.317 e. The fourth-order valence-electron chi connectivity index (χ4n) is 3.97. The van der Waals surface area contributed by atoms with Gasteiger partial charge >= 0.3 is 0 Å². The third-order valence-corrected chi connectivity index (χ3v) is 5.49. The van der Waals surface area contributed by atoms with Gasteiger partial charge < -0.3 is 9.47 Å². The van der Waals surface area contributed by atoms with Gasteiger partial charge in [-0.1, -0.05) is 11.6 Å². The van der Waals surface area contributed by atoms with Gasteiger partial charge in [0.15, 0.2) is 0 Å². The topological polar surface area (TPSA) is 21.1 Å². The third kappa shape index (κ3) is 2.69. The number of hydrogen-bond donors (Lipinski definition) is 0. The first kappa shape index (κ1) is 16.1. The van der Waals surface area contributed by atoms with Crippen molar-refractivity contribution in [1.82, 2.24) is 14.5 Å². The third-order valence-electron chi connectivity index (χ3n) is 5.49. The second-order valence-corrected chi connectivity index (χ2v) is 7.22. The maximum Gasteiger partial charge on any atom is 0.0531 e. The lowest BCUT2D eigenvalue weighted by Gasteiger charge is -2.25. The van der Waals surface area contributed by atoms with Crippen molar-refractivity contribution in [3.63, 3.8) is 0 Å². The predicted molar refractivity (Wildman–Crippen MR) is 105 cm³/mol. The van der Waals surface area contributed by atoms with Crippen LogP contribution in [0.1, 0.15) is 36.2 Å². The molecule has 0 N–H and O–H groups in total. The van der Waals surface area contributed by atoms with Crippen molar-refractivity contribution in [3.05, 3.63) is 65.1 Å². The van der Waals surface area contributed by atoms with Crippen molar-refractivity contribution in [3.8, 4) is 0 Å². The number of aromatic nitrogens is 2. The van der Waals surface area contributed by atoms with Gasteiger partial charge in [-0.2, -0.15) is 0 Å². The number of nitrogens with zero attached hydrogens (tertiary/aromatic N) is 3. The van der Waals surface area contributed by atoms with Crippen LogP contribution in [-0.4, -0.2) is 28.0 Å². The van der Waals surface area contributed by atoms with Crippen LogP contribution >= 0.6 is 0 Å². The predicted octanol–water partition coefficient (Wildman–Crippen LogP) is 4.74. The molecule has 0 unspecified atom stereocenters. The number of aryl methyl sites for hydroxylation is 1. The van der Waals surface area contributed by atoms with Crippen LogP contribution in [0.5, 0.6) is 0 Å². The Bertz CT molecular complexity index is 964. The summed E-state index contributed by atoms with van der Waals surface area (Å²) >= 11 is 0. The Morgan fingerprint density at radius 1 is 1.08 bits per heavy atom. The van der Waals surface area contributed by atoms with E-state index in [-0.39, 0.29) is 0 Å². The molecule has 25 heavy (non-hydrogen) atoms. The maximum absolute atomic E-state index is 4.15. The molecular formula is C22H25N3. The molecule has 0 aliphatic carbocycles. The Morgan fingerprint density at radius 2 is 1.84 bits per heavy atom. The summed E-state index contributed by atoms with van der Waals surface area (Å²) in [6.07, 6.45) is 4.84. The molecule has 3 heteroatoms. The number of rotatable bonds is 2. The standard InChI is InChI=1S/C22H25N3/c1-15-5-6-21-19(13-15)20-14-24(4)12-9-22(20)25(21)17(3)16(2)18-7-10-23-11-8-18/h5-8,10-11,13H,9,12,14H2,1-4H3. The maximum atomic E-state index is 4.15. The fourth-order valence-corrected chi connectivity index (χ4v) is 3.97. The highest BCUT2D eigenvalue weighted by molar-refractivity contribution is 5.93. The average Bonchev–Trinajstić information content (AvgIpc) is 2.94. The first-order chi connectivity index (χ1) is 12.1. The Hall–Kier alpha value is -2.39. The Balaban J connectivity index is 1.99. The summed E-state index contributed by atoms with van der Waals surface area (Å²) in [4.78, 5) is 6.57. The summed E-state index contributed by atoms with van der Waals surface area (Å²) in [7, 11) is 2.22. The van der Waals surface area contributed by atoms with Crippen molar-refractivity contribution >= 4 is 22.2 Å². The summed E-state index contributed by atoms with van der Waals surface area (Å²) in [6.45, 7) is 8.79. The zero-order chi connectivity index (χ0) is 17.6. The van der Waals surface area contributed by atoms with Crippen molar-refractivity contribution in [2.24, 2.45) is 0 Å². The van der Waals surface area contributed by atoms with Crippen molar-refractivity contribution < 1.29 is 0 Å². The van der Waals surface area contributed by atoms with Gasteiger partial charge in [-0.05, 0) is 68.8 Å². The molecule has 3 nitrogen and oxygen atoms in total. The van der Waals surface area contributed by atoms with E-state index in [1.54, 1.807) is 0 Å². The van der Waals surface area contributed by atoms with Gasteiger partial charge in [0.25, 0.3) is 0 Å². The van der Waals surface area contributed by atoms with Crippen LogP contribution in [0.15, 0.2) is 42.7 Å². The van der Waals surface area contributed by atoms with E-state index in [0.717, 1.165) is 19.5 Å². The van der Waals surface area contributed by atoms with Crippen molar-refractivity contribution in [1.29, 1.82) is 0 Å². The molecule has 1 aliphatic rings. The van der Waals surface area contributed by atoms with E-state index in [2.05, 4.69) is 72.6 Å². The molecule has 128 valence electrons. The van der Waals surface area contributed by atoms with E-state index in [1.807, 2.05) is 12.4 Å². The number of fused-ring (bicyclic) bond motifs is 3. The first-order valence-electron chi connectivity index (χ1n) is 8.96. The van der Waals surface area contributed by atoms with Gasteiger partial charge in [-0.15, -0.1) is 0 Å². The minimum absolute atomic E-state index is 1.03. The summed E-state index contributed by atoms with van der Waals surface area (Å²) in [5, 5.41) is 1.41. The molecule has 0 atom stereocenters. The number of likely N-dealkylation sites (N-methyl/N-ethyl adjacent to an activating group) is 1. The van der Waals surface area contributed by atoms with Crippen LogP contribution in [0.3, 0.4) is 0 Å². The van der Waals surface area contributed by atoms with Gasteiger partial charge in [0.2, 0.25) is 0 Å². The second kappa shape index (κ2) is 6.16. The lowest BCUT2D eigenvalue weighted by atomic mass is 10.0. The normalized spacial score (nSPS) is 16.0. The molecule has 2 aromatic heterocycles. The molecule has 3 aromatic rings. The second-order valence-electron chi connectivity index (χ2n) is 7.22. The zero-order valence-electron chi connectivity index (χ0n) is 15.5. The van der Waals surface area contributed by atoms with Crippen LogP contribution in [0.4, 0.5) is 0 Å². The van der Waals surface area contributed by atoms with Gasteiger partial charge in [-0.3, -0.25) is 4.98 Å². The highest BCUT2D eigenvalue weighted by Crippen LogP contribution is 2.35. The molecule has 0 saturated heterocycles. The molecule has 0 amide bonds. The Morgan fingerprint density at radius 3 is 2.60 bits per heavy atom. The number of allylic oxidation sites excluding steroid dienone is 2. The Labute approximate surface area is 149 Å². The first-order valence-corrected chi connectivity index (χ1v) is 8.96. The number of hydrogen-bond acceptors (Lipinski definition) is 2. The highest BCUT2D eigenvalue weighted by Gasteiger charge is 2.23. The van der Waals surface area contributed by atoms with E-state index < -0.39 is 0 Å². The minimum atomic E-state index is 1.03. The quantitative estimate of drug-likeness (QED) is 0.676. The average molecular weight is 331 g/mol. The number of benzene rings is 1. The van der Waals surface area contributed by atoms with Crippen molar-refractivity contribution in [2.45, 2.75) is 33.7 Å². The molecule has 0 saturated carbocycles. The van der Waals surface area contributed by atoms with E-state index in [4.69, 9.17) is 0 Å². The van der Waals surface area contributed by atoms with Crippen LogP contribution in [0.2, 0.25) is 0 Å². The molecule has 0 radical (unpaired) electrons. The molecule has 0 fully saturated rings. The summed E-state index contributed by atoms with van der Waals surface area (Å²) in [5.41, 5.74) is 9.49. The van der Waals surface area contributed by atoms with Crippen molar-refractivity contribution in [2.75, 3.05) is 13.6 Å². The van der Waals surface area contributed by atoms with Gasteiger partial charge in [0.05, 0.1) is 5.52 Å². The lowest BCUT2D eigenvalue weighted by Crippen LogP contribution is -2.27. The summed E-state index contributed by atoms with van der Waals surface area (Å²) < 4.78 is 2.49. The van der Waals surface area contributed by atoms with Gasteiger partial charge in [-0.25, -0.2) is 0 Å². The van der Waals surface area contributed by atoms with Gasteiger partial charge in [0, 0.05) is 48.7 Å². The van der Waals surface area contributed by atoms with E-state index in [1.165, 1.54) is 44.6 Å². The molecule has 0 spiro atoms.